The molecule has 166 valence electrons. The van der Waals surface area contributed by atoms with E-state index in [1.165, 1.54) is 29.2 Å². The number of nitrogens with two attached hydrogens (primary N) is 1. The predicted octanol–water partition coefficient (Wildman–Crippen LogP) is 3.55. The molecule has 9 heteroatoms. The second-order valence-corrected chi connectivity index (χ2v) is 9.59. The van der Waals surface area contributed by atoms with Crippen molar-refractivity contribution in [3.05, 3.63) is 40.9 Å². The van der Waals surface area contributed by atoms with Crippen molar-refractivity contribution < 1.29 is 5.21 Å². The van der Waals surface area contributed by atoms with Crippen LogP contribution in [0.5, 0.6) is 0 Å². The van der Waals surface area contributed by atoms with E-state index >= 15 is 0 Å². The Morgan fingerprint density at radius 1 is 1.31 bits per heavy atom. The fourth-order valence-corrected chi connectivity index (χ4v) is 5.51. The fourth-order valence-electron chi connectivity index (χ4n) is 4.69. The number of nitrogens with zero attached hydrogens (tertiary/aromatic N) is 5. The maximum atomic E-state index is 8.53. The number of hydrogen-bond donors (Lipinski definition) is 3. The van der Waals surface area contributed by atoms with Crippen molar-refractivity contribution in [2.45, 2.75) is 43.3 Å². The minimum absolute atomic E-state index is 0.348. The number of anilines is 1. The van der Waals surface area contributed by atoms with Gasteiger partial charge in [0.25, 0.3) is 0 Å². The Morgan fingerprint density at radius 2 is 2.09 bits per heavy atom. The number of hydrogen-bond acceptors (Lipinski definition) is 8. The van der Waals surface area contributed by atoms with Gasteiger partial charge >= 0.3 is 0 Å². The molecule has 3 aromatic heterocycles. The monoisotopic (exact) mass is 449 g/mol. The van der Waals surface area contributed by atoms with Crippen molar-refractivity contribution in [1.82, 2.24) is 19.9 Å². The number of pyridine rings is 1. The van der Waals surface area contributed by atoms with E-state index in [9.17, 15) is 0 Å². The van der Waals surface area contributed by atoms with Gasteiger partial charge in [0.2, 0.25) is 0 Å². The Bertz CT molecular complexity index is 1220. The lowest BCUT2D eigenvalue weighted by Gasteiger charge is -2.21. The molecule has 0 bridgehead atoms. The first-order chi connectivity index (χ1) is 15.5. The molecule has 4 N–H and O–H groups in total. The predicted molar refractivity (Wildman–Crippen MR) is 128 cm³/mol. The summed E-state index contributed by atoms with van der Waals surface area (Å²) in [5.41, 5.74) is 11.4. The highest BCUT2D eigenvalue weighted by molar-refractivity contribution is 7.99. The lowest BCUT2D eigenvalue weighted by molar-refractivity contribution is 0.322. The third-order valence-electron chi connectivity index (χ3n) is 6.59. The van der Waals surface area contributed by atoms with Crippen LogP contribution < -0.4 is 10.6 Å². The summed E-state index contributed by atoms with van der Waals surface area (Å²) in [5.74, 6) is 2.19. The Hall–Kier alpha value is -2.91. The average Bonchev–Trinajstić information content (AvgIpc) is 3.11. The summed E-state index contributed by atoms with van der Waals surface area (Å²) in [6.07, 6.45) is 7.52. The van der Waals surface area contributed by atoms with Gasteiger partial charge in [0, 0.05) is 35.9 Å². The first-order valence-corrected chi connectivity index (χ1v) is 11.7. The van der Waals surface area contributed by atoms with Crippen molar-refractivity contribution >= 4 is 40.9 Å². The van der Waals surface area contributed by atoms with Crippen LogP contribution in [0, 0.1) is 25.7 Å². The first kappa shape index (κ1) is 21.0. The number of aromatic nitrogens is 4. The van der Waals surface area contributed by atoms with Crippen LogP contribution in [-0.2, 0) is 6.42 Å². The number of oxime groups is 1. The summed E-state index contributed by atoms with van der Waals surface area (Å²) >= 11 is 1.52. The molecule has 1 saturated heterocycles. The van der Waals surface area contributed by atoms with Gasteiger partial charge in [-0.25, -0.2) is 9.97 Å². The number of aromatic amines is 1. The van der Waals surface area contributed by atoms with E-state index in [0.717, 1.165) is 52.5 Å². The molecular formula is C23H27N7OS. The zero-order valence-electron chi connectivity index (χ0n) is 18.4. The van der Waals surface area contributed by atoms with Gasteiger partial charge in [0.05, 0.1) is 17.3 Å². The molecule has 2 aliphatic rings. The van der Waals surface area contributed by atoms with E-state index in [0.29, 0.717) is 23.0 Å². The SMILES string of the molecule is CCc1[nH]c2nc(Sc3cnc(/C=C\C=N\O)c(C)c3)nc(N3CC4C(N)C4C3)c2c1C. The van der Waals surface area contributed by atoms with Gasteiger partial charge in [-0.3, -0.25) is 4.98 Å². The van der Waals surface area contributed by atoms with Gasteiger partial charge in [-0.05, 0) is 73.2 Å². The van der Waals surface area contributed by atoms with E-state index in [1.54, 1.807) is 6.08 Å². The molecule has 2 fully saturated rings. The van der Waals surface area contributed by atoms with Crippen LogP contribution >= 0.6 is 11.8 Å². The molecule has 0 spiro atoms. The number of rotatable bonds is 6. The molecule has 2 unspecified atom stereocenters. The number of aryl methyl sites for hydroxylation is 3. The first-order valence-electron chi connectivity index (χ1n) is 10.9. The van der Waals surface area contributed by atoms with E-state index in [2.05, 4.69) is 39.9 Å². The molecule has 5 rings (SSSR count). The van der Waals surface area contributed by atoms with Crippen LogP contribution in [0.1, 0.15) is 29.4 Å². The van der Waals surface area contributed by atoms with Gasteiger partial charge < -0.3 is 20.8 Å². The third kappa shape index (κ3) is 3.65. The molecule has 4 heterocycles. The zero-order valence-corrected chi connectivity index (χ0v) is 19.2. The largest absolute Gasteiger partial charge is 0.411 e. The molecule has 1 aliphatic carbocycles. The highest BCUT2D eigenvalue weighted by Gasteiger charge is 2.54. The lowest BCUT2D eigenvalue weighted by Crippen LogP contribution is -2.29. The topological polar surface area (TPSA) is 116 Å². The van der Waals surface area contributed by atoms with Crippen LogP contribution in [0.15, 0.2) is 33.5 Å². The Morgan fingerprint density at radius 3 is 2.78 bits per heavy atom. The number of H-pyrrole nitrogens is 1. The van der Waals surface area contributed by atoms with Crippen LogP contribution in [0.4, 0.5) is 5.82 Å². The van der Waals surface area contributed by atoms with Gasteiger partial charge in [-0.15, -0.1) is 0 Å². The molecule has 32 heavy (non-hydrogen) atoms. The summed E-state index contributed by atoms with van der Waals surface area (Å²) in [4.78, 5) is 21.3. The number of nitrogens with one attached hydrogen (secondary N) is 1. The zero-order chi connectivity index (χ0) is 22.4. The van der Waals surface area contributed by atoms with Gasteiger partial charge in [-0.2, -0.15) is 0 Å². The van der Waals surface area contributed by atoms with Crippen LogP contribution in [0.3, 0.4) is 0 Å². The van der Waals surface area contributed by atoms with Crippen molar-refractivity contribution in [3.63, 3.8) is 0 Å². The van der Waals surface area contributed by atoms with Gasteiger partial charge in [0.1, 0.15) is 11.5 Å². The Labute approximate surface area is 191 Å². The number of piperidine rings is 1. The summed E-state index contributed by atoms with van der Waals surface area (Å²) in [7, 11) is 0. The molecule has 2 atom stereocenters. The molecule has 3 aromatic rings. The molecule has 0 aromatic carbocycles. The molecule has 0 radical (unpaired) electrons. The van der Waals surface area contributed by atoms with Crippen molar-refractivity contribution in [3.8, 4) is 0 Å². The molecule has 0 amide bonds. The molecule has 1 aliphatic heterocycles. The minimum atomic E-state index is 0.348. The second-order valence-electron chi connectivity index (χ2n) is 8.54. The summed E-state index contributed by atoms with van der Waals surface area (Å²) in [6, 6.07) is 2.42. The number of fused-ring (bicyclic) bond motifs is 2. The van der Waals surface area contributed by atoms with Crippen LogP contribution in [0.25, 0.3) is 17.1 Å². The quantitative estimate of drug-likeness (QED) is 0.228. The maximum Gasteiger partial charge on any atom is 0.196 e. The molecule has 8 nitrogen and oxygen atoms in total. The van der Waals surface area contributed by atoms with Gasteiger partial charge in [-0.1, -0.05) is 12.1 Å². The normalized spacial score (nSPS) is 22.5. The summed E-state index contributed by atoms with van der Waals surface area (Å²) in [5, 5.41) is 13.3. The Kier molecular flexibility index (Phi) is 5.38. The summed E-state index contributed by atoms with van der Waals surface area (Å²) in [6.45, 7) is 8.24. The van der Waals surface area contributed by atoms with Crippen LogP contribution in [0.2, 0.25) is 0 Å². The van der Waals surface area contributed by atoms with Crippen molar-refractivity contribution in [2.75, 3.05) is 18.0 Å². The van der Waals surface area contributed by atoms with Gasteiger partial charge in [0.15, 0.2) is 5.16 Å². The van der Waals surface area contributed by atoms with E-state index in [4.69, 9.17) is 20.9 Å². The summed E-state index contributed by atoms with van der Waals surface area (Å²) < 4.78 is 0. The van der Waals surface area contributed by atoms with Crippen molar-refractivity contribution in [2.24, 2.45) is 22.7 Å². The molecular weight excluding hydrogens is 422 g/mol. The van der Waals surface area contributed by atoms with Crippen LogP contribution in [-0.4, -0.2) is 50.5 Å². The Balaban J connectivity index is 1.49. The standard InChI is InChI=1S/C23H27N7OS/c1-4-17-13(3)19-21(27-17)28-23(29-22(19)30-10-15-16(11-30)20(15)24)32-14-8-12(2)18(25-9-14)6-5-7-26-31/h5-9,15-16,20,31H,4,10-11,24H2,1-3H3,(H,27,28,29)/b6-5-,26-7+. The van der Waals surface area contributed by atoms with E-state index in [-0.39, 0.29) is 0 Å². The number of allylic oxidation sites excluding steroid dienone is 1. The fraction of sp³-hybridized carbons (Fsp3) is 0.391. The van der Waals surface area contributed by atoms with E-state index in [1.807, 2.05) is 19.2 Å². The van der Waals surface area contributed by atoms with E-state index < -0.39 is 0 Å². The maximum absolute atomic E-state index is 8.53. The third-order valence-corrected chi connectivity index (χ3v) is 7.41. The minimum Gasteiger partial charge on any atom is -0.411 e. The van der Waals surface area contributed by atoms with Crippen molar-refractivity contribution in [1.29, 1.82) is 0 Å². The smallest absolute Gasteiger partial charge is 0.196 e. The highest BCUT2D eigenvalue weighted by atomic mass is 32.2. The molecule has 1 saturated carbocycles. The average molecular weight is 450 g/mol. The second kappa shape index (κ2) is 8.22. The lowest BCUT2D eigenvalue weighted by atomic mass is 10.1. The highest BCUT2D eigenvalue weighted by Crippen LogP contribution is 2.46.